The highest BCUT2D eigenvalue weighted by atomic mass is 79.9. The lowest BCUT2D eigenvalue weighted by Crippen LogP contribution is -2.16. The van der Waals surface area contributed by atoms with Crippen molar-refractivity contribution in [2.75, 3.05) is 5.73 Å². The van der Waals surface area contributed by atoms with Gasteiger partial charge in [0.25, 0.3) is 0 Å². The summed E-state index contributed by atoms with van der Waals surface area (Å²) in [5.74, 6) is -1.62. The lowest BCUT2D eigenvalue weighted by molar-refractivity contribution is 0.501. The lowest BCUT2D eigenvalue weighted by atomic mass is 9.99. The summed E-state index contributed by atoms with van der Waals surface area (Å²) < 4.78 is 26.6. The van der Waals surface area contributed by atoms with Crippen molar-refractivity contribution in [3.8, 4) is 0 Å². The van der Waals surface area contributed by atoms with E-state index in [0.717, 1.165) is 11.6 Å². The van der Waals surface area contributed by atoms with E-state index in [0.29, 0.717) is 11.1 Å². The summed E-state index contributed by atoms with van der Waals surface area (Å²) in [5, 5.41) is 0. The lowest BCUT2D eigenvalue weighted by Gasteiger charge is -2.17. The first-order valence-corrected chi connectivity index (χ1v) is 6.32. The Labute approximate surface area is 117 Å². The van der Waals surface area contributed by atoms with Crippen LogP contribution in [0.25, 0.3) is 0 Å². The average Bonchev–Trinajstić information content (AvgIpc) is 2.38. The van der Waals surface area contributed by atoms with Crippen LogP contribution in [0.2, 0.25) is 0 Å². The number of aryl methyl sites for hydroxylation is 1. The summed E-state index contributed by atoms with van der Waals surface area (Å²) in [6.45, 7) is 1.85. The second kappa shape index (κ2) is 5.22. The Hall–Kier alpha value is -1.53. The Morgan fingerprint density at radius 1 is 1.26 bits per heavy atom. The molecule has 2 aromatic rings. The number of pyridine rings is 1. The summed E-state index contributed by atoms with van der Waals surface area (Å²) in [6, 6.07) is 3.56. The van der Waals surface area contributed by atoms with Crippen molar-refractivity contribution in [3.05, 3.63) is 57.2 Å². The average molecular weight is 328 g/mol. The molecule has 1 heterocycles. The molecule has 0 saturated carbocycles. The van der Waals surface area contributed by atoms with Gasteiger partial charge in [0, 0.05) is 11.8 Å². The molecular weight excluding hydrogens is 316 g/mol. The Morgan fingerprint density at radius 3 is 2.63 bits per heavy atom. The van der Waals surface area contributed by atoms with E-state index in [2.05, 4.69) is 20.9 Å². The number of halogens is 3. The minimum atomic E-state index is -0.966. The monoisotopic (exact) mass is 327 g/mol. The third kappa shape index (κ3) is 2.59. The third-order valence-electron chi connectivity index (χ3n) is 2.82. The fourth-order valence-corrected chi connectivity index (χ4v) is 2.37. The number of nitrogens with two attached hydrogens (primary N) is 2. The molecule has 1 unspecified atom stereocenters. The molecule has 0 spiro atoms. The maximum Gasteiger partial charge on any atom is 0.173 e. The van der Waals surface area contributed by atoms with E-state index in [1.807, 2.05) is 6.92 Å². The van der Waals surface area contributed by atoms with Crippen molar-refractivity contribution in [3.63, 3.8) is 0 Å². The molecule has 6 heteroatoms. The molecule has 0 radical (unpaired) electrons. The number of benzene rings is 1. The number of aromatic nitrogens is 1. The number of hydrogen-bond donors (Lipinski definition) is 2. The second-order valence-electron chi connectivity index (χ2n) is 4.23. The summed E-state index contributed by atoms with van der Waals surface area (Å²) in [4.78, 5) is 4.01. The van der Waals surface area contributed by atoms with Crippen molar-refractivity contribution in [1.29, 1.82) is 0 Å². The molecule has 1 aromatic heterocycles. The van der Waals surface area contributed by atoms with E-state index in [9.17, 15) is 8.78 Å². The predicted molar refractivity (Wildman–Crippen MR) is 73.5 cm³/mol. The second-order valence-corrected chi connectivity index (χ2v) is 5.02. The fourth-order valence-electron chi connectivity index (χ4n) is 1.80. The Balaban J connectivity index is 2.53. The van der Waals surface area contributed by atoms with Crippen LogP contribution in [0.3, 0.4) is 0 Å². The molecule has 19 heavy (non-hydrogen) atoms. The number of nitrogens with zero attached hydrogens (tertiary/aromatic N) is 1. The SMILES string of the molecule is Cc1cnc(N)c(C(N)c2ccc(F)c(F)c2Br)c1. The maximum atomic E-state index is 13.5. The van der Waals surface area contributed by atoms with Crippen LogP contribution in [-0.2, 0) is 0 Å². The minimum absolute atomic E-state index is 0.000839. The van der Waals surface area contributed by atoms with Gasteiger partial charge in [0.15, 0.2) is 11.6 Å². The van der Waals surface area contributed by atoms with Gasteiger partial charge in [-0.25, -0.2) is 13.8 Å². The molecule has 0 aliphatic heterocycles. The first-order valence-electron chi connectivity index (χ1n) is 5.52. The largest absolute Gasteiger partial charge is 0.383 e. The van der Waals surface area contributed by atoms with Gasteiger partial charge in [-0.1, -0.05) is 6.07 Å². The van der Waals surface area contributed by atoms with E-state index in [1.54, 1.807) is 12.3 Å². The van der Waals surface area contributed by atoms with Crippen molar-refractivity contribution in [1.82, 2.24) is 4.98 Å². The van der Waals surface area contributed by atoms with Crippen LogP contribution in [0.1, 0.15) is 22.7 Å². The van der Waals surface area contributed by atoms with Gasteiger partial charge in [-0.05, 0) is 46.1 Å². The van der Waals surface area contributed by atoms with Gasteiger partial charge in [-0.2, -0.15) is 0 Å². The fraction of sp³-hybridized carbons (Fsp3) is 0.154. The molecule has 0 aliphatic carbocycles. The molecule has 3 nitrogen and oxygen atoms in total. The van der Waals surface area contributed by atoms with Gasteiger partial charge in [0.1, 0.15) is 5.82 Å². The highest BCUT2D eigenvalue weighted by molar-refractivity contribution is 9.10. The van der Waals surface area contributed by atoms with Gasteiger partial charge in [0.05, 0.1) is 10.5 Å². The topological polar surface area (TPSA) is 64.9 Å². The highest BCUT2D eigenvalue weighted by Crippen LogP contribution is 2.32. The van der Waals surface area contributed by atoms with Gasteiger partial charge < -0.3 is 11.5 Å². The molecular formula is C13H12BrF2N3. The smallest absolute Gasteiger partial charge is 0.173 e. The van der Waals surface area contributed by atoms with Gasteiger partial charge in [0.2, 0.25) is 0 Å². The van der Waals surface area contributed by atoms with Crippen LogP contribution >= 0.6 is 15.9 Å². The Kier molecular flexibility index (Phi) is 3.82. The van der Waals surface area contributed by atoms with Crippen LogP contribution in [0.5, 0.6) is 0 Å². The molecule has 2 rings (SSSR count). The molecule has 0 amide bonds. The normalized spacial score (nSPS) is 12.5. The van der Waals surface area contributed by atoms with E-state index in [4.69, 9.17) is 11.5 Å². The molecule has 1 aromatic carbocycles. The summed E-state index contributed by atoms with van der Waals surface area (Å²) in [7, 11) is 0. The summed E-state index contributed by atoms with van der Waals surface area (Å²) in [5.41, 5.74) is 13.7. The zero-order valence-electron chi connectivity index (χ0n) is 10.1. The van der Waals surface area contributed by atoms with E-state index < -0.39 is 17.7 Å². The molecule has 0 fully saturated rings. The number of nitrogen functional groups attached to an aromatic ring is 1. The summed E-state index contributed by atoms with van der Waals surface area (Å²) >= 11 is 3.02. The Morgan fingerprint density at radius 2 is 1.95 bits per heavy atom. The predicted octanol–water partition coefficient (Wildman–Crippen LogP) is 3.06. The van der Waals surface area contributed by atoms with Crippen LogP contribution in [0, 0.1) is 18.6 Å². The number of hydrogen-bond acceptors (Lipinski definition) is 3. The molecule has 100 valence electrons. The zero-order valence-corrected chi connectivity index (χ0v) is 11.7. The standard InChI is InChI=1S/C13H12BrF2N3/c1-6-4-8(13(18)19-5-6)12(17)7-2-3-9(15)11(16)10(7)14/h2-5,12H,17H2,1H3,(H2,18,19). The van der Waals surface area contributed by atoms with Gasteiger partial charge in [-0.3, -0.25) is 0 Å². The van der Waals surface area contributed by atoms with Crippen molar-refractivity contribution in [2.45, 2.75) is 13.0 Å². The first kappa shape index (κ1) is 13.9. The Bertz CT molecular complexity index is 632. The van der Waals surface area contributed by atoms with Crippen molar-refractivity contribution < 1.29 is 8.78 Å². The zero-order chi connectivity index (χ0) is 14.2. The molecule has 0 bridgehead atoms. The van der Waals surface area contributed by atoms with E-state index in [1.165, 1.54) is 6.07 Å². The quantitative estimate of drug-likeness (QED) is 0.833. The minimum Gasteiger partial charge on any atom is -0.383 e. The van der Waals surface area contributed by atoms with Gasteiger partial charge in [-0.15, -0.1) is 0 Å². The number of rotatable bonds is 2. The third-order valence-corrected chi connectivity index (χ3v) is 3.63. The van der Waals surface area contributed by atoms with Crippen LogP contribution in [0.15, 0.2) is 28.9 Å². The number of anilines is 1. The molecule has 1 atom stereocenters. The first-order chi connectivity index (χ1) is 8.91. The van der Waals surface area contributed by atoms with Gasteiger partial charge >= 0.3 is 0 Å². The molecule has 0 saturated heterocycles. The summed E-state index contributed by atoms with van der Waals surface area (Å²) in [6.07, 6.45) is 1.62. The van der Waals surface area contributed by atoms with E-state index >= 15 is 0 Å². The highest BCUT2D eigenvalue weighted by Gasteiger charge is 2.19. The molecule has 4 N–H and O–H groups in total. The molecule has 0 aliphatic rings. The van der Waals surface area contributed by atoms with Crippen molar-refractivity contribution >= 4 is 21.7 Å². The van der Waals surface area contributed by atoms with Crippen LogP contribution in [-0.4, -0.2) is 4.98 Å². The van der Waals surface area contributed by atoms with Crippen LogP contribution < -0.4 is 11.5 Å². The van der Waals surface area contributed by atoms with Crippen molar-refractivity contribution in [2.24, 2.45) is 5.73 Å². The van der Waals surface area contributed by atoms with E-state index in [-0.39, 0.29) is 10.3 Å². The maximum absolute atomic E-state index is 13.5. The van der Waals surface area contributed by atoms with Crippen LogP contribution in [0.4, 0.5) is 14.6 Å².